The van der Waals surface area contributed by atoms with E-state index in [1.807, 2.05) is 27.7 Å². The van der Waals surface area contributed by atoms with Crippen molar-refractivity contribution >= 4 is 24.4 Å². The van der Waals surface area contributed by atoms with Crippen molar-refractivity contribution in [3.63, 3.8) is 0 Å². The lowest BCUT2D eigenvalue weighted by Crippen LogP contribution is -2.48. The molecule has 2 atom stereocenters. The molecular formula is C21H33BN4O5. The molecule has 0 radical (unpaired) electrons. The Morgan fingerprint density at radius 3 is 2.39 bits per heavy atom. The van der Waals surface area contributed by atoms with E-state index in [2.05, 4.69) is 14.9 Å². The summed E-state index contributed by atoms with van der Waals surface area (Å²) in [6, 6.07) is 0.337. The zero-order valence-electron chi connectivity index (χ0n) is 18.8. The van der Waals surface area contributed by atoms with E-state index in [9.17, 15) is 9.90 Å². The van der Waals surface area contributed by atoms with E-state index in [-0.39, 0.29) is 6.04 Å². The fourth-order valence-corrected chi connectivity index (χ4v) is 4.17. The maximum absolute atomic E-state index is 12.4. The highest BCUT2D eigenvalue weighted by atomic mass is 16.7. The lowest BCUT2D eigenvalue weighted by atomic mass is 9.81. The normalized spacial score (nSPS) is 25.7. The molecule has 2 aliphatic heterocycles. The summed E-state index contributed by atoms with van der Waals surface area (Å²) in [7, 11) is -0.503. The van der Waals surface area contributed by atoms with E-state index in [0.717, 1.165) is 31.1 Å². The number of hydrogen-bond acceptors (Lipinski definition) is 8. The van der Waals surface area contributed by atoms with Gasteiger partial charge in [-0.25, -0.2) is 9.97 Å². The van der Waals surface area contributed by atoms with Gasteiger partial charge in [-0.3, -0.25) is 4.79 Å². The van der Waals surface area contributed by atoms with E-state index in [1.54, 1.807) is 17.3 Å². The van der Waals surface area contributed by atoms with Gasteiger partial charge in [0.25, 0.3) is 5.91 Å². The first-order valence-electron chi connectivity index (χ1n) is 11.2. The van der Waals surface area contributed by atoms with Crippen LogP contribution in [0, 0.1) is 0 Å². The van der Waals surface area contributed by atoms with Gasteiger partial charge in [0, 0.05) is 43.0 Å². The molecule has 170 valence electrons. The molecule has 1 aromatic heterocycles. The largest absolute Gasteiger partial charge is 0.498 e. The highest BCUT2D eigenvalue weighted by molar-refractivity contribution is 6.61. The smallest absolute Gasteiger partial charge is 0.399 e. The van der Waals surface area contributed by atoms with Gasteiger partial charge in [-0.2, -0.15) is 0 Å². The molecule has 4 rings (SSSR count). The summed E-state index contributed by atoms with van der Waals surface area (Å²) in [5.41, 5.74) is -0.0657. The first kappa shape index (κ1) is 22.4. The van der Waals surface area contributed by atoms with Gasteiger partial charge in [-0.15, -0.1) is 0 Å². The quantitative estimate of drug-likeness (QED) is 0.584. The van der Waals surface area contributed by atoms with E-state index < -0.39 is 36.9 Å². The molecule has 3 heterocycles. The average molecular weight is 432 g/mol. The van der Waals surface area contributed by atoms with Gasteiger partial charge in [0.15, 0.2) is 6.10 Å². The highest BCUT2D eigenvalue weighted by Crippen LogP contribution is 2.36. The van der Waals surface area contributed by atoms with Gasteiger partial charge in [0.2, 0.25) is 5.95 Å². The summed E-state index contributed by atoms with van der Waals surface area (Å²) in [6.07, 6.45) is 6.05. The van der Waals surface area contributed by atoms with Crippen molar-refractivity contribution in [1.82, 2.24) is 14.9 Å². The topological polar surface area (TPSA) is 108 Å². The molecule has 0 bridgehead atoms. The SMILES string of the molecule is CC1(C)OB(c2cnc(N(C[C@@H]3CCCN3C(=O)[C@H](O)CO)C3CC3)nc2)OC1(C)C. The minimum absolute atomic E-state index is 0.0272. The maximum atomic E-state index is 12.4. The molecule has 1 aromatic rings. The number of rotatable bonds is 7. The fraction of sp³-hybridized carbons (Fsp3) is 0.762. The minimum Gasteiger partial charge on any atom is -0.399 e. The Hall–Kier alpha value is -1.75. The van der Waals surface area contributed by atoms with Crippen LogP contribution in [0.1, 0.15) is 53.4 Å². The number of aliphatic hydroxyl groups excluding tert-OH is 2. The number of aromatic nitrogens is 2. The van der Waals surface area contributed by atoms with Crippen molar-refractivity contribution in [3.05, 3.63) is 12.4 Å². The van der Waals surface area contributed by atoms with Crippen LogP contribution in [0.3, 0.4) is 0 Å². The molecule has 31 heavy (non-hydrogen) atoms. The molecule has 2 N–H and O–H groups in total. The summed E-state index contributed by atoms with van der Waals surface area (Å²) < 4.78 is 12.2. The second-order valence-corrected chi connectivity index (χ2v) is 9.81. The number of likely N-dealkylation sites (tertiary alicyclic amines) is 1. The van der Waals surface area contributed by atoms with E-state index in [4.69, 9.17) is 14.4 Å². The van der Waals surface area contributed by atoms with Gasteiger partial charge in [-0.1, -0.05) is 0 Å². The number of anilines is 1. The summed E-state index contributed by atoms with van der Waals surface area (Å²) in [4.78, 5) is 25.5. The van der Waals surface area contributed by atoms with Crippen LogP contribution in [0.4, 0.5) is 5.95 Å². The van der Waals surface area contributed by atoms with Gasteiger partial charge in [0.05, 0.1) is 17.8 Å². The molecule has 3 aliphatic rings. The number of nitrogens with zero attached hydrogens (tertiary/aromatic N) is 4. The molecule has 0 aromatic carbocycles. The molecule has 1 amide bonds. The molecular weight excluding hydrogens is 399 g/mol. The molecule has 0 unspecified atom stereocenters. The number of carbonyl (C=O) groups is 1. The Balaban J connectivity index is 1.47. The van der Waals surface area contributed by atoms with Gasteiger partial charge in [-0.05, 0) is 53.4 Å². The predicted octanol–water partition coefficient (Wildman–Crippen LogP) is 0.0888. The third-order valence-corrected chi connectivity index (χ3v) is 6.95. The van der Waals surface area contributed by atoms with Crippen LogP contribution in [0.15, 0.2) is 12.4 Å². The van der Waals surface area contributed by atoms with Crippen LogP contribution < -0.4 is 10.4 Å². The number of carbonyl (C=O) groups excluding carboxylic acids is 1. The second-order valence-electron chi connectivity index (χ2n) is 9.81. The lowest BCUT2D eigenvalue weighted by Gasteiger charge is -2.32. The Bertz CT molecular complexity index is 785. The molecule has 1 aliphatic carbocycles. The van der Waals surface area contributed by atoms with E-state index >= 15 is 0 Å². The van der Waals surface area contributed by atoms with Gasteiger partial charge < -0.3 is 29.3 Å². The summed E-state index contributed by atoms with van der Waals surface area (Å²) in [5, 5.41) is 18.9. The average Bonchev–Trinajstić information content (AvgIpc) is 3.42. The van der Waals surface area contributed by atoms with Gasteiger partial charge >= 0.3 is 7.12 Å². The molecule has 0 spiro atoms. The molecule has 3 fully saturated rings. The third kappa shape index (κ3) is 4.44. The summed E-state index contributed by atoms with van der Waals surface area (Å²) in [6.45, 7) is 8.71. The van der Waals surface area contributed by atoms with Crippen molar-refractivity contribution in [2.75, 3.05) is 24.6 Å². The first-order chi connectivity index (χ1) is 14.6. The highest BCUT2D eigenvalue weighted by Gasteiger charge is 2.52. The molecule has 2 saturated heterocycles. The van der Waals surface area contributed by atoms with Crippen molar-refractivity contribution in [3.8, 4) is 0 Å². The Labute approximate surface area is 183 Å². The number of aliphatic hydroxyl groups is 2. The molecule has 9 nitrogen and oxygen atoms in total. The zero-order chi connectivity index (χ0) is 22.4. The van der Waals surface area contributed by atoms with E-state index in [1.165, 1.54) is 0 Å². The predicted molar refractivity (Wildman–Crippen MR) is 116 cm³/mol. The van der Waals surface area contributed by atoms with Crippen LogP contribution >= 0.6 is 0 Å². The fourth-order valence-electron chi connectivity index (χ4n) is 4.17. The van der Waals surface area contributed by atoms with Crippen LogP contribution in [-0.2, 0) is 14.1 Å². The van der Waals surface area contributed by atoms with Crippen molar-refractivity contribution in [1.29, 1.82) is 0 Å². The zero-order valence-corrected chi connectivity index (χ0v) is 18.8. The summed E-state index contributed by atoms with van der Waals surface area (Å²) in [5.74, 6) is 0.225. The molecule has 10 heteroatoms. The van der Waals surface area contributed by atoms with Crippen molar-refractivity contribution in [2.24, 2.45) is 0 Å². The number of amides is 1. The lowest BCUT2D eigenvalue weighted by molar-refractivity contribution is -0.142. The molecule has 1 saturated carbocycles. The van der Waals surface area contributed by atoms with Crippen molar-refractivity contribution in [2.45, 2.75) is 82.8 Å². The van der Waals surface area contributed by atoms with Crippen LogP contribution in [-0.4, -0.2) is 87.2 Å². The number of hydrogen-bond donors (Lipinski definition) is 2. The Kier molecular flexibility index (Phi) is 6.02. The Morgan fingerprint density at radius 2 is 1.84 bits per heavy atom. The Morgan fingerprint density at radius 1 is 1.23 bits per heavy atom. The van der Waals surface area contributed by atoms with Crippen molar-refractivity contribution < 1.29 is 24.3 Å². The maximum Gasteiger partial charge on any atom is 0.498 e. The second kappa shape index (κ2) is 8.31. The monoisotopic (exact) mass is 432 g/mol. The van der Waals surface area contributed by atoms with Gasteiger partial charge in [0.1, 0.15) is 0 Å². The minimum atomic E-state index is -1.36. The standard InChI is InChI=1S/C21H33BN4O5/c1-20(2)21(3,4)31-22(30-20)14-10-23-19(24-11-14)26(15-7-8-15)12-16-6-5-9-25(16)18(29)17(28)13-27/h10-11,15-17,27-28H,5-9,12-13H2,1-4H3/t16-,17+/m0/s1. The van der Waals surface area contributed by atoms with Crippen LogP contribution in [0.5, 0.6) is 0 Å². The van der Waals surface area contributed by atoms with E-state index in [0.29, 0.717) is 25.1 Å². The summed E-state index contributed by atoms with van der Waals surface area (Å²) >= 11 is 0. The van der Waals surface area contributed by atoms with Crippen LogP contribution in [0.25, 0.3) is 0 Å². The van der Waals surface area contributed by atoms with Crippen LogP contribution in [0.2, 0.25) is 0 Å². The first-order valence-corrected chi connectivity index (χ1v) is 11.2. The third-order valence-electron chi connectivity index (χ3n) is 6.95.